The summed E-state index contributed by atoms with van der Waals surface area (Å²) >= 11 is 0. The number of halogens is 1. The second-order valence-electron chi connectivity index (χ2n) is 4.57. The third-order valence-corrected chi connectivity index (χ3v) is 3.47. The van der Waals surface area contributed by atoms with E-state index in [1.807, 2.05) is 0 Å². The lowest BCUT2D eigenvalue weighted by Gasteiger charge is -2.23. The molecule has 1 aromatic carbocycles. The molecule has 1 aromatic rings. The summed E-state index contributed by atoms with van der Waals surface area (Å²) in [5.74, 6) is -0.241. The van der Waals surface area contributed by atoms with Gasteiger partial charge in [0.25, 0.3) is 0 Å². The summed E-state index contributed by atoms with van der Waals surface area (Å²) in [5, 5.41) is 9.26. The lowest BCUT2D eigenvalue weighted by atomic mass is 10.1. The zero-order valence-corrected chi connectivity index (χ0v) is 9.90. The molecule has 0 spiro atoms. The molecule has 1 aliphatic heterocycles. The fraction of sp³-hybridized carbons (Fsp3) is 0.538. The number of aliphatic hydroxyl groups excluding tert-OH is 1. The predicted octanol–water partition coefficient (Wildman–Crippen LogP) is 1.24. The van der Waals surface area contributed by atoms with Crippen LogP contribution in [-0.4, -0.2) is 29.2 Å². The van der Waals surface area contributed by atoms with Crippen molar-refractivity contribution < 1.29 is 9.50 Å². The molecule has 0 aromatic heterocycles. The third kappa shape index (κ3) is 2.83. The monoisotopic (exact) mass is 238 g/mol. The molecule has 1 aliphatic rings. The molecule has 1 atom stereocenters. The van der Waals surface area contributed by atoms with Crippen molar-refractivity contribution in [1.29, 1.82) is 0 Å². The molecule has 0 radical (unpaired) electrons. The Bertz CT molecular complexity index is 384. The molecular weight excluding hydrogens is 219 g/mol. The van der Waals surface area contributed by atoms with Gasteiger partial charge in [-0.15, -0.1) is 0 Å². The van der Waals surface area contributed by atoms with Gasteiger partial charge in [-0.2, -0.15) is 0 Å². The van der Waals surface area contributed by atoms with Crippen LogP contribution in [0.5, 0.6) is 0 Å². The zero-order chi connectivity index (χ0) is 12.3. The highest BCUT2D eigenvalue weighted by Gasteiger charge is 2.24. The Morgan fingerprint density at radius 2 is 2.24 bits per heavy atom. The molecule has 0 saturated carbocycles. The first kappa shape index (κ1) is 12.5. The van der Waals surface area contributed by atoms with Crippen LogP contribution in [0, 0.1) is 5.82 Å². The highest BCUT2D eigenvalue weighted by atomic mass is 19.1. The lowest BCUT2D eigenvalue weighted by Crippen LogP contribution is -2.32. The predicted molar refractivity (Wildman–Crippen MR) is 64.8 cm³/mol. The van der Waals surface area contributed by atoms with E-state index in [0.29, 0.717) is 6.54 Å². The maximum absolute atomic E-state index is 13.1. The van der Waals surface area contributed by atoms with Gasteiger partial charge in [0.15, 0.2) is 0 Å². The topological polar surface area (TPSA) is 49.5 Å². The summed E-state index contributed by atoms with van der Waals surface area (Å²) in [6, 6.07) is 5.01. The summed E-state index contributed by atoms with van der Waals surface area (Å²) < 4.78 is 13.1. The van der Waals surface area contributed by atoms with Gasteiger partial charge in [0.2, 0.25) is 0 Å². The normalized spacial score (nSPS) is 21.0. The van der Waals surface area contributed by atoms with Crippen LogP contribution < -0.4 is 5.73 Å². The van der Waals surface area contributed by atoms with Crippen LogP contribution in [0.2, 0.25) is 0 Å². The molecule has 1 unspecified atom stereocenters. The van der Waals surface area contributed by atoms with Crippen molar-refractivity contribution in [2.24, 2.45) is 5.73 Å². The molecule has 3 nitrogen and oxygen atoms in total. The first-order valence-corrected chi connectivity index (χ1v) is 6.07. The van der Waals surface area contributed by atoms with E-state index in [1.165, 1.54) is 12.1 Å². The van der Waals surface area contributed by atoms with Crippen molar-refractivity contribution in [2.75, 3.05) is 13.2 Å². The van der Waals surface area contributed by atoms with Gasteiger partial charge in [-0.25, -0.2) is 4.39 Å². The van der Waals surface area contributed by atoms with E-state index < -0.39 is 0 Å². The van der Waals surface area contributed by atoms with E-state index in [-0.39, 0.29) is 18.5 Å². The molecule has 3 N–H and O–H groups in total. The van der Waals surface area contributed by atoms with Crippen molar-refractivity contribution >= 4 is 0 Å². The average Bonchev–Trinajstić information content (AvgIpc) is 2.78. The minimum absolute atomic E-state index is 0.194. The molecule has 0 amide bonds. The van der Waals surface area contributed by atoms with Crippen molar-refractivity contribution in [3.63, 3.8) is 0 Å². The fourth-order valence-electron chi connectivity index (χ4n) is 2.47. The number of likely N-dealkylation sites (tertiary alicyclic amines) is 1. The van der Waals surface area contributed by atoms with Crippen molar-refractivity contribution in [3.8, 4) is 0 Å². The highest BCUT2D eigenvalue weighted by Crippen LogP contribution is 2.21. The van der Waals surface area contributed by atoms with Gasteiger partial charge < -0.3 is 10.8 Å². The van der Waals surface area contributed by atoms with E-state index in [1.54, 1.807) is 6.07 Å². The van der Waals surface area contributed by atoms with Crippen molar-refractivity contribution in [2.45, 2.75) is 32.0 Å². The van der Waals surface area contributed by atoms with Gasteiger partial charge >= 0.3 is 0 Å². The number of hydrogen-bond acceptors (Lipinski definition) is 3. The maximum Gasteiger partial charge on any atom is 0.123 e. The standard InChI is InChI=1S/C13H19FN2O/c14-12-4-3-10(11(6-12)7-15)8-16-5-1-2-13(16)9-17/h3-4,6,13,17H,1-2,5,7-9,15H2. The van der Waals surface area contributed by atoms with Crippen LogP contribution in [0.25, 0.3) is 0 Å². The number of nitrogens with two attached hydrogens (primary N) is 1. The third-order valence-electron chi connectivity index (χ3n) is 3.47. The largest absolute Gasteiger partial charge is 0.395 e. The minimum Gasteiger partial charge on any atom is -0.395 e. The summed E-state index contributed by atoms with van der Waals surface area (Å²) in [4.78, 5) is 2.24. The second kappa shape index (κ2) is 5.58. The Kier molecular flexibility index (Phi) is 4.10. The number of nitrogens with zero attached hydrogens (tertiary/aromatic N) is 1. The van der Waals surface area contributed by atoms with Crippen LogP contribution in [0.1, 0.15) is 24.0 Å². The molecule has 1 heterocycles. The summed E-state index contributed by atoms with van der Waals surface area (Å²) in [7, 11) is 0. The Morgan fingerprint density at radius 3 is 2.94 bits per heavy atom. The summed E-state index contributed by atoms with van der Waals surface area (Å²) in [6.45, 7) is 2.29. The van der Waals surface area contributed by atoms with E-state index in [9.17, 15) is 9.50 Å². The second-order valence-corrected chi connectivity index (χ2v) is 4.57. The van der Waals surface area contributed by atoms with Gasteiger partial charge in [0.1, 0.15) is 5.82 Å². The number of aliphatic hydroxyl groups is 1. The number of benzene rings is 1. The molecule has 0 aliphatic carbocycles. The van der Waals surface area contributed by atoms with E-state index >= 15 is 0 Å². The molecule has 1 fully saturated rings. The number of rotatable bonds is 4. The first-order valence-electron chi connectivity index (χ1n) is 6.07. The van der Waals surface area contributed by atoms with Gasteiger partial charge in [-0.1, -0.05) is 6.07 Å². The van der Waals surface area contributed by atoms with Crippen LogP contribution in [0.4, 0.5) is 4.39 Å². The molecule has 2 rings (SSSR count). The minimum atomic E-state index is -0.241. The first-order chi connectivity index (χ1) is 8.24. The SMILES string of the molecule is NCc1cc(F)ccc1CN1CCCC1CO. The lowest BCUT2D eigenvalue weighted by molar-refractivity contribution is 0.153. The van der Waals surface area contributed by atoms with Gasteiger partial charge in [-0.05, 0) is 42.6 Å². The quantitative estimate of drug-likeness (QED) is 0.829. The van der Waals surface area contributed by atoms with Crippen LogP contribution in [0.15, 0.2) is 18.2 Å². The smallest absolute Gasteiger partial charge is 0.123 e. The summed E-state index contributed by atoms with van der Waals surface area (Å²) in [5.41, 5.74) is 7.55. The van der Waals surface area contributed by atoms with Crippen LogP contribution in [0.3, 0.4) is 0 Å². The van der Waals surface area contributed by atoms with Gasteiger partial charge in [-0.3, -0.25) is 4.90 Å². The Labute approximate surface area is 101 Å². The van der Waals surface area contributed by atoms with Gasteiger partial charge in [0.05, 0.1) is 6.61 Å². The van der Waals surface area contributed by atoms with Gasteiger partial charge in [0, 0.05) is 19.1 Å². The number of hydrogen-bond donors (Lipinski definition) is 2. The Balaban J connectivity index is 2.12. The van der Waals surface area contributed by atoms with E-state index in [0.717, 1.165) is 37.1 Å². The molecule has 1 saturated heterocycles. The average molecular weight is 238 g/mol. The maximum atomic E-state index is 13.1. The fourth-order valence-corrected chi connectivity index (χ4v) is 2.47. The molecule has 4 heteroatoms. The summed E-state index contributed by atoms with van der Waals surface area (Å²) in [6.07, 6.45) is 2.15. The van der Waals surface area contributed by atoms with Crippen LogP contribution >= 0.6 is 0 Å². The zero-order valence-electron chi connectivity index (χ0n) is 9.90. The molecule has 0 bridgehead atoms. The molecular formula is C13H19FN2O. The van der Waals surface area contributed by atoms with E-state index in [4.69, 9.17) is 5.73 Å². The van der Waals surface area contributed by atoms with E-state index in [2.05, 4.69) is 4.90 Å². The molecule has 17 heavy (non-hydrogen) atoms. The van der Waals surface area contributed by atoms with Crippen molar-refractivity contribution in [3.05, 3.63) is 35.1 Å². The Hall–Kier alpha value is -0.970. The highest BCUT2D eigenvalue weighted by molar-refractivity contribution is 5.28. The molecule has 94 valence electrons. The van der Waals surface area contributed by atoms with Crippen LogP contribution in [-0.2, 0) is 13.1 Å². The Morgan fingerprint density at radius 1 is 1.41 bits per heavy atom. The van der Waals surface area contributed by atoms with Crippen molar-refractivity contribution in [1.82, 2.24) is 4.90 Å².